The van der Waals surface area contributed by atoms with E-state index in [2.05, 4.69) is 0 Å². The van der Waals surface area contributed by atoms with Crippen LogP contribution in [-0.4, -0.2) is 36.0 Å². The number of morpholine rings is 1. The molecule has 29 heavy (non-hydrogen) atoms. The number of esters is 1. The molecule has 7 heteroatoms. The third kappa shape index (κ3) is 4.74. The van der Waals surface area contributed by atoms with Crippen molar-refractivity contribution in [3.63, 3.8) is 0 Å². The summed E-state index contributed by atoms with van der Waals surface area (Å²) in [7, 11) is 0. The first-order valence-corrected chi connectivity index (χ1v) is 10.3. The predicted molar refractivity (Wildman–Crippen MR) is 112 cm³/mol. The van der Waals surface area contributed by atoms with Gasteiger partial charge in [0.05, 0.1) is 12.6 Å². The van der Waals surface area contributed by atoms with Crippen molar-refractivity contribution in [2.75, 3.05) is 13.2 Å². The lowest BCUT2D eigenvalue weighted by atomic mass is 9.91. The van der Waals surface area contributed by atoms with Gasteiger partial charge in [-0.05, 0) is 48.7 Å². The van der Waals surface area contributed by atoms with Gasteiger partial charge in [-0.1, -0.05) is 54.4 Å². The zero-order valence-electron chi connectivity index (χ0n) is 16.3. The molecule has 1 heterocycles. The highest BCUT2D eigenvalue weighted by Gasteiger charge is 2.44. The number of halogens is 2. The topological polar surface area (TPSA) is 55.8 Å². The van der Waals surface area contributed by atoms with Crippen LogP contribution in [0.4, 0.5) is 0 Å². The monoisotopic (exact) mass is 435 g/mol. The molecule has 0 saturated carbocycles. The van der Waals surface area contributed by atoms with Crippen molar-refractivity contribution in [3.05, 3.63) is 69.7 Å². The molecule has 0 aromatic heterocycles. The minimum Gasteiger partial charge on any atom is -0.464 e. The lowest BCUT2D eigenvalue weighted by Crippen LogP contribution is -2.53. The van der Waals surface area contributed by atoms with E-state index in [0.29, 0.717) is 16.5 Å². The predicted octanol–water partition coefficient (Wildman–Crippen LogP) is 4.98. The average Bonchev–Trinajstić information content (AvgIpc) is 2.70. The molecule has 0 radical (unpaired) electrons. The molecule has 2 aromatic carbocycles. The molecule has 0 unspecified atom stereocenters. The third-order valence-electron chi connectivity index (χ3n) is 4.93. The molecular formula is C22H23Cl2NO4. The summed E-state index contributed by atoms with van der Waals surface area (Å²) in [5.74, 6) is -0.683. The third-order valence-corrected chi connectivity index (χ3v) is 5.42. The zero-order chi connectivity index (χ0) is 21.0. The van der Waals surface area contributed by atoms with Crippen LogP contribution < -0.4 is 0 Å². The van der Waals surface area contributed by atoms with Crippen LogP contribution in [0.2, 0.25) is 10.0 Å². The summed E-state index contributed by atoms with van der Waals surface area (Å²) in [4.78, 5) is 27.2. The van der Waals surface area contributed by atoms with Gasteiger partial charge in [-0.3, -0.25) is 4.79 Å². The van der Waals surface area contributed by atoms with E-state index in [9.17, 15) is 9.59 Å². The van der Waals surface area contributed by atoms with E-state index >= 15 is 0 Å². The fraction of sp³-hybridized carbons (Fsp3) is 0.364. The van der Waals surface area contributed by atoms with Crippen LogP contribution in [0.25, 0.3) is 0 Å². The van der Waals surface area contributed by atoms with Gasteiger partial charge < -0.3 is 14.4 Å². The van der Waals surface area contributed by atoms with Crippen molar-refractivity contribution < 1.29 is 19.1 Å². The SMILES string of the molecule is CCOC(=O)[C@@H](CC)N1C(=O)CO[C@H](c2cccc(Cl)c2)[C@H]1c1ccc(Cl)cc1. The minimum atomic E-state index is -0.714. The van der Waals surface area contributed by atoms with Crippen LogP contribution in [-0.2, 0) is 19.1 Å². The maximum atomic E-state index is 12.9. The number of rotatable bonds is 6. The molecule has 1 aliphatic heterocycles. The second-order valence-corrected chi connectivity index (χ2v) is 7.63. The van der Waals surface area contributed by atoms with E-state index in [4.69, 9.17) is 32.7 Å². The van der Waals surface area contributed by atoms with E-state index in [0.717, 1.165) is 11.1 Å². The minimum absolute atomic E-state index is 0.128. The van der Waals surface area contributed by atoms with Crippen LogP contribution >= 0.6 is 23.2 Å². The van der Waals surface area contributed by atoms with Gasteiger partial charge in [-0.25, -0.2) is 4.79 Å². The molecule has 1 saturated heterocycles. The molecule has 3 rings (SSSR count). The van der Waals surface area contributed by atoms with E-state index in [-0.39, 0.29) is 19.1 Å². The molecular weight excluding hydrogens is 413 g/mol. The van der Waals surface area contributed by atoms with Crippen molar-refractivity contribution >= 4 is 35.1 Å². The first-order chi connectivity index (χ1) is 14.0. The van der Waals surface area contributed by atoms with Crippen LogP contribution in [0, 0.1) is 0 Å². The summed E-state index contributed by atoms with van der Waals surface area (Å²) >= 11 is 12.3. The average molecular weight is 436 g/mol. The van der Waals surface area contributed by atoms with E-state index in [1.54, 1.807) is 30.0 Å². The van der Waals surface area contributed by atoms with Crippen molar-refractivity contribution in [2.45, 2.75) is 38.5 Å². The summed E-state index contributed by atoms with van der Waals surface area (Å²) in [5.41, 5.74) is 1.64. The highest BCUT2D eigenvalue weighted by molar-refractivity contribution is 6.30. The van der Waals surface area contributed by atoms with Crippen molar-refractivity contribution in [2.24, 2.45) is 0 Å². The largest absolute Gasteiger partial charge is 0.464 e. The molecule has 2 aromatic rings. The summed E-state index contributed by atoms with van der Waals surface area (Å²) in [6, 6.07) is 13.3. The first kappa shape index (κ1) is 21.6. The Morgan fingerprint density at radius 3 is 2.48 bits per heavy atom. The molecule has 0 aliphatic carbocycles. The van der Waals surface area contributed by atoms with Crippen LogP contribution in [0.3, 0.4) is 0 Å². The maximum Gasteiger partial charge on any atom is 0.328 e. The number of nitrogens with zero attached hydrogens (tertiary/aromatic N) is 1. The Morgan fingerprint density at radius 1 is 1.14 bits per heavy atom. The standard InChI is InChI=1S/C22H23Cl2NO4/c1-3-18(22(27)28-4-2)25-19(26)13-29-21(15-6-5-7-17(24)12-15)20(25)14-8-10-16(23)11-9-14/h5-12,18,20-21H,3-4,13H2,1-2H3/t18-,20-,21-/m1/s1. The molecule has 1 amide bonds. The fourth-order valence-corrected chi connectivity index (χ4v) is 3.99. The molecule has 154 valence electrons. The second-order valence-electron chi connectivity index (χ2n) is 6.76. The molecule has 3 atom stereocenters. The van der Waals surface area contributed by atoms with Gasteiger partial charge in [0, 0.05) is 10.0 Å². The Morgan fingerprint density at radius 2 is 1.86 bits per heavy atom. The second kappa shape index (κ2) is 9.61. The Labute approximate surface area is 180 Å². The first-order valence-electron chi connectivity index (χ1n) is 9.56. The zero-order valence-corrected chi connectivity index (χ0v) is 17.8. The Bertz CT molecular complexity index is 871. The molecule has 0 N–H and O–H groups in total. The lowest BCUT2D eigenvalue weighted by Gasteiger charge is -2.44. The number of carbonyl (C=O) groups excluding carboxylic acids is 2. The molecule has 5 nitrogen and oxygen atoms in total. The number of carbonyl (C=O) groups is 2. The number of hydrogen-bond donors (Lipinski definition) is 0. The summed E-state index contributed by atoms with van der Waals surface area (Å²) in [6.07, 6.45) is -0.0623. The summed E-state index contributed by atoms with van der Waals surface area (Å²) in [5, 5.41) is 1.15. The maximum absolute atomic E-state index is 12.9. The highest BCUT2D eigenvalue weighted by Crippen LogP contribution is 2.42. The van der Waals surface area contributed by atoms with Gasteiger partial charge in [-0.15, -0.1) is 0 Å². The Kier molecular flexibility index (Phi) is 7.17. The van der Waals surface area contributed by atoms with Gasteiger partial charge in [-0.2, -0.15) is 0 Å². The highest BCUT2D eigenvalue weighted by atomic mass is 35.5. The fourth-order valence-electron chi connectivity index (χ4n) is 3.67. The van der Waals surface area contributed by atoms with Crippen LogP contribution in [0.5, 0.6) is 0 Å². The number of hydrogen-bond acceptors (Lipinski definition) is 4. The number of amides is 1. The van der Waals surface area contributed by atoms with E-state index < -0.39 is 24.2 Å². The van der Waals surface area contributed by atoms with Crippen molar-refractivity contribution in [1.82, 2.24) is 4.90 Å². The lowest BCUT2D eigenvalue weighted by molar-refractivity contribution is -0.173. The van der Waals surface area contributed by atoms with Gasteiger partial charge >= 0.3 is 5.97 Å². The van der Waals surface area contributed by atoms with E-state index in [1.165, 1.54) is 0 Å². The van der Waals surface area contributed by atoms with Gasteiger partial charge in [0.25, 0.3) is 0 Å². The molecule has 1 fully saturated rings. The molecule has 1 aliphatic rings. The van der Waals surface area contributed by atoms with Crippen LogP contribution in [0.1, 0.15) is 43.5 Å². The van der Waals surface area contributed by atoms with E-state index in [1.807, 2.05) is 37.3 Å². The Hall–Kier alpha value is -2.08. The van der Waals surface area contributed by atoms with Crippen molar-refractivity contribution in [3.8, 4) is 0 Å². The van der Waals surface area contributed by atoms with Crippen LogP contribution in [0.15, 0.2) is 48.5 Å². The van der Waals surface area contributed by atoms with Gasteiger partial charge in [0.15, 0.2) is 0 Å². The van der Waals surface area contributed by atoms with Gasteiger partial charge in [0.2, 0.25) is 5.91 Å². The summed E-state index contributed by atoms with van der Waals surface area (Å²) in [6.45, 7) is 3.73. The number of benzene rings is 2. The van der Waals surface area contributed by atoms with Crippen molar-refractivity contribution in [1.29, 1.82) is 0 Å². The smallest absolute Gasteiger partial charge is 0.328 e. The summed E-state index contributed by atoms with van der Waals surface area (Å²) < 4.78 is 11.2. The normalized spacial score (nSPS) is 20.4. The Balaban J connectivity index is 2.10. The quantitative estimate of drug-likeness (QED) is 0.600. The number of ether oxygens (including phenoxy) is 2. The molecule has 0 spiro atoms. The van der Waals surface area contributed by atoms with Gasteiger partial charge in [0.1, 0.15) is 18.8 Å². The molecule has 0 bridgehead atoms.